The minimum atomic E-state index is -1.27. The molecule has 0 aromatic rings. The van der Waals surface area contributed by atoms with E-state index in [0.717, 1.165) is 25.7 Å². The molecule has 1 fully saturated rings. The van der Waals surface area contributed by atoms with E-state index in [4.69, 9.17) is 16.2 Å². The van der Waals surface area contributed by atoms with Gasteiger partial charge in [-0.25, -0.2) is 0 Å². The molecule has 0 bridgehead atoms. The molecule has 320 valence electrons. The topological polar surface area (TPSA) is 271 Å². The van der Waals surface area contributed by atoms with Gasteiger partial charge >= 0.3 is 0 Å². The fourth-order valence-electron chi connectivity index (χ4n) is 6.75. The lowest BCUT2D eigenvalue weighted by Gasteiger charge is -2.36. The van der Waals surface area contributed by atoms with Crippen LogP contribution < -0.4 is 38.1 Å². The summed E-state index contributed by atoms with van der Waals surface area (Å²) in [6.07, 6.45) is 1.50. The Balaban J connectivity index is 2.80. The standard InChI is InChI=1S/C39H75N7O9/c1-21(2)31(36(53)43-32(25(7)48)33-26(8)55-33)44-37(54)39(11,45-22(3)4)19-13-12-15-23(5)16-14-20-38(10,27(9)49)46-34(51)28(17-18-29(40)50)42-35(52)30(41)24(6)47/h21-28,30-33,45,47-49H,12-20,41H2,1-11H3,(H2,40,50)(H,42,52)(H,43,53)(H,44,54)(H,46,51)/t23?,24-,25-,26?,27?,28+,30-,31+,32+,33?,38+,39+/m1/s1. The van der Waals surface area contributed by atoms with Crippen LogP contribution in [0.4, 0.5) is 0 Å². The van der Waals surface area contributed by atoms with Crippen LogP contribution in [0.1, 0.15) is 134 Å². The van der Waals surface area contributed by atoms with Crippen LogP contribution in [0, 0.1) is 11.8 Å². The Bertz CT molecular complexity index is 1250. The van der Waals surface area contributed by atoms with Crippen LogP contribution in [0.25, 0.3) is 0 Å². The molecule has 5 amide bonds. The summed E-state index contributed by atoms with van der Waals surface area (Å²) in [5.41, 5.74) is 9.04. The van der Waals surface area contributed by atoms with E-state index in [2.05, 4.69) is 33.5 Å². The number of hydrogen-bond acceptors (Lipinski definition) is 11. The van der Waals surface area contributed by atoms with E-state index in [1.54, 1.807) is 20.8 Å². The summed E-state index contributed by atoms with van der Waals surface area (Å²) in [7, 11) is 0. The molecule has 4 unspecified atom stereocenters. The first-order valence-corrected chi connectivity index (χ1v) is 20.1. The van der Waals surface area contributed by atoms with E-state index in [-0.39, 0.29) is 48.8 Å². The molecule has 0 aromatic heterocycles. The van der Waals surface area contributed by atoms with Crippen LogP contribution in [-0.2, 0) is 28.7 Å². The SMILES string of the molecule is CC(CCCC[C@](C)(NC(C)C)C(=O)N[C@H](C(=O)N[C@H](C1OC1C)[C@@H](C)O)C(C)C)CCC[C@](C)(NC(=O)[C@H](CCC(N)=O)NC(=O)[C@H](N)[C@@H](C)O)C(C)O. The zero-order valence-electron chi connectivity index (χ0n) is 35.2. The normalized spacial score (nSPS) is 22.1. The third kappa shape index (κ3) is 17.0. The molecule has 16 nitrogen and oxygen atoms in total. The van der Waals surface area contributed by atoms with E-state index >= 15 is 0 Å². The molecule has 1 aliphatic rings. The van der Waals surface area contributed by atoms with Crippen molar-refractivity contribution in [3.63, 3.8) is 0 Å². The zero-order valence-corrected chi connectivity index (χ0v) is 35.2. The van der Waals surface area contributed by atoms with Crippen molar-refractivity contribution < 1.29 is 44.0 Å². The Morgan fingerprint density at radius 3 is 1.82 bits per heavy atom. The molecule has 1 aliphatic heterocycles. The second kappa shape index (κ2) is 22.7. The smallest absolute Gasteiger partial charge is 0.243 e. The number of aliphatic hydroxyl groups excluding tert-OH is 3. The van der Waals surface area contributed by atoms with E-state index in [0.29, 0.717) is 25.2 Å². The molecule has 0 aliphatic carbocycles. The fraction of sp³-hybridized carbons (Fsp3) is 0.872. The first kappa shape index (κ1) is 50.1. The number of primary amides is 1. The highest BCUT2D eigenvalue weighted by Gasteiger charge is 2.45. The molecule has 12 N–H and O–H groups in total. The minimum absolute atomic E-state index is 0.00867. The lowest BCUT2D eigenvalue weighted by molar-refractivity contribution is -0.134. The van der Waals surface area contributed by atoms with E-state index in [9.17, 15) is 39.3 Å². The first-order chi connectivity index (χ1) is 25.3. The maximum absolute atomic E-state index is 13.8. The molecule has 1 saturated heterocycles. The van der Waals surface area contributed by atoms with Gasteiger partial charge in [0.05, 0.1) is 41.5 Å². The second-order valence-electron chi connectivity index (χ2n) is 17.1. The number of ether oxygens (including phenoxy) is 1. The number of nitrogens with one attached hydrogen (secondary N) is 5. The Hall–Kier alpha value is -2.89. The number of aliphatic hydroxyl groups is 3. The van der Waals surface area contributed by atoms with Crippen LogP contribution in [0.2, 0.25) is 0 Å². The number of nitrogens with two attached hydrogens (primary N) is 2. The van der Waals surface area contributed by atoms with E-state index in [1.165, 1.54) is 6.92 Å². The highest BCUT2D eigenvalue weighted by atomic mass is 16.6. The Morgan fingerprint density at radius 2 is 1.35 bits per heavy atom. The van der Waals surface area contributed by atoms with E-state index in [1.807, 2.05) is 41.5 Å². The molecule has 1 rings (SSSR count). The summed E-state index contributed by atoms with van der Waals surface area (Å²) in [6, 6.07) is -3.79. The van der Waals surface area contributed by atoms with Gasteiger partial charge < -0.3 is 58.1 Å². The molecule has 0 spiro atoms. The van der Waals surface area contributed by atoms with Gasteiger partial charge in [-0.05, 0) is 86.5 Å². The van der Waals surface area contributed by atoms with Crippen molar-refractivity contribution in [2.75, 3.05) is 0 Å². The molecule has 0 saturated carbocycles. The highest BCUT2D eigenvalue weighted by molar-refractivity contribution is 5.92. The minimum Gasteiger partial charge on any atom is -0.391 e. The molecular weight excluding hydrogens is 710 g/mol. The molecular formula is C39H75N7O9. The molecule has 1 heterocycles. The molecule has 55 heavy (non-hydrogen) atoms. The number of carbonyl (C=O) groups excluding carboxylic acids is 5. The molecule has 0 radical (unpaired) electrons. The van der Waals surface area contributed by atoms with Crippen LogP contribution in [0.3, 0.4) is 0 Å². The summed E-state index contributed by atoms with van der Waals surface area (Å²) in [5, 5.41) is 45.3. The average molecular weight is 786 g/mol. The number of unbranched alkanes of at least 4 members (excludes halogenated alkanes) is 1. The lowest BCUT2D eigenvalue weighted by Crippen LogP contribution is -2.62. The maximum atomic E-state index is 13.8. The number of amides is 5. The summed E-state index contributed by atoms with van der Waals surface area (Å²) in [5.74, 6) is -2.52. The van der Waals surface area contributed by atoms with Gasteiger partial charge in [-0.2, -0.15) is 0 Å². The summed E-state index contributed by atoms with van der Waals surface area (Å²) >= 11 is 0. The number of carbonyl (C=O) groups is 5. The van der Waals surface area contributed by atoms with Gasteiger partial charge in [0.15, 0.2) is 0 Å². The van der Waals surface area contributed by atoms with Crippen molar-refractivity contribution in [3.8, 4) is 0 Å². The summed E-state index contributed by atoms with van der Waals surface area (Å²) in [4.78, 5) is 64.5. The van der Waals surface area contributed by atoms with Crippen LogP contribution in [0.15, 0.2) is 0 Å². The van der Waals surface area contributed by atoms with Crippen LogP contribution in [-0.4, -0.2) is 117 Å². The fourth-order valence-corrected chi connectivity index (χ4v) is 6.75. The maximum Gasteiger partial charge on any atom is 0.243 e. The van der Waals surface area contributed by atoms with Gasteiger partial charge in [-0.1, -0.05) is 52.9 Å². The summed E-state index contributed by atoms with van der Waals surface area (Å²) < 4.78 is 5.51. The van der Waals surface area contributed by atoms with Gasteiger partial charge in [-0.3, -0.25) is 24.0 Å². The van der Waals surface area contributed by atoms with E-state index < -0.39 is 71.3 Å². The third-order valence-corrected chi connectivity index (χ3v) is 10.8. The first-order valence-electron chi connectivity index (χ1n) is 20.1. The predicted octanol–water partition coefficient (Wildman–Crippen LogP) is 0.618. The molecule has 0 aromatic carbocycles. The zero-order chi connectivity index (χ0) is 42.4. The van der Waals surface area contributed by atoms with Gasteiger partial charge in [0, 0.05) is 12.5 Å². The number of rotatable bonds is 27. The van der Waals surface area contributed by atoms with Crippen LogP contribution >= 0.6 is 0 Å². The van der Waals surface area contributed by atoms with Crippen molar-refractivity contribution in [3.05, 3.63) is 0 Å². The molecule has 12 atom stereocenters. The van der Waals surface area contributed by atoms with Crippen molar-refractivity contribution in [1.29, 1.82) is 0 Å². The van der Waals surface area contributed by atoms with Crippen molar-refractivity contribution in [2.45, 2.75) is 206 Å². The Labute approximate surface area is 328 Å². The highest BCUT2D eigenvalue weighted by Crippen LogP contribution is 2.27. The quantitative estimate of drug-likeness (QED) is 0.0407. The summed E-state index contributed by atoms with van der Waals surface area (Å²) in [6.45, 7) is 19.8. The van der Waals surface area contributed by atoms with Crippen molar-refractivity contribution in [1.82, 2.24) is 26.6 Å². The number of epoxide rings is 1. The second-order valence-corrected chi connectivity index (χ2v) is 17.1. The predicted molar refractivity (Wildman–Crippen MR) is 211 cm³/mol. The third-order valence-electron chi connectivity index (χ3n) is 10.8. The average Bonchev–Trinajstić information content (AvgIpc) is 3.79. The largest absolute Gasteiger partial charge is 0.391 e. The Morgan fingerprint density at radius 1 is 0.764 bits per heavy atom. The number of hydrogen-bond donors (Lipinski definition) is 10. The van der Waals surface area contributed by atoms with Crippen molar-refractivity contribution in [2.24, 2.45) is 23.3 Å². The lowest BCUT2D eigenvalue weighted by atomic mass is 9.86. The van der Waals surface area contributed by atoms with Gasteiger partial charge in [0.2, 0.25) is 29.5 Å². The van der Waals surface area contributed by atoms with Gasteiger partial charge in [0.25, 0.3) is 0 Å². The van der Waals surface area contributed by atoms with Gasteiger partial charge in [-0.15, -0.1) is 0 Å². The van der Waals surface area contributed by atoms with Crippen molar-refractivity contribution >= 4 is 29.5 Å². The van der Waals surface area contributed by atoms with Crippen LogP contribution in [0.5, 0.6) is 0 Å². The molecule has 16 heteroatoms. The monoisotopic (exact) mass is 786 g/mol. The Kier molecular flexibility index (Phi) is 20.7. The van der Waals surface area contributed by atoms with Gasteiger partial charge in [0.1, 0.15) is 24.2 Å².